The Hall–Kier alpha value is 0.448. The topological polar surface area (TPSA) is 52.1 Å². The second kappa shape index (κ2) is 4.45. The van der Waals surface area contributed by atoms with E-state index in [0.29, 0.717) is 3.73 Å². The third-order valence-corrected chi connectivity index (χ3v) is 0. The second-order valence-electron chi connectivity index (χ2n) is 0.611. The van der Waals surface area contributed by atoms with Gasteiger partial charge in [-0.05, 0) is 0 Å². The van der Waals surface area contributed by atoms with Crippen molar-refractivity contribution in [2.75, 3.05) is 0 Å². The molecule has 0 aliphatic heterocycles. The Morgan fingerprint density at radius 1 is 1.80 bits per heavy atom. The molecule has 0 aliphatic rings. The van der Waals surface area contributed by atoms with E-state index in [2.05, 4.69) is 0 Å². The molecule has 3 N–H and O–H groups in total. The summed E-state index contributed by atoms with van der Waals surface area (Å²) < 4.78 is 0.297. The van der Waals surface area contributed by atoms with Gasteiger partial charge in [-0.2, -0.15) is 0 Å². The van der Waals surface area contributed by atoms with Crippen LogP contribution in [0.2, 0.25) is 0 Å². The molecular formula is C2H8NOSb. The minimum absolute atomic E-state index is 0. The van der Waals surface area contributed by atoms with Gasteiger partial charge in [-0.25, -0.2) is 0 Å². The molecule has 2 nitrogen and oxygen atoms in total. The van der Waals surface area contributed by atoms with Crippen LogP contribution in [0.5, 0.6) is 0 Å². The molecule has 0 rings (SSSR count). The standard InChI is InChI=1S/C2H3O.H3N.Sb.2H/c1-2-3;;;;/h1H3;1H3;;;. The predicted octanol–water partition coefficient (Wildman–Crippen LogP) is -0.672. The maximum Gasteiger partial charge on any atom is -0.344 e. The molecule has 0 heterocycles. The monoisotopic (exact) mass is 183 g/mol. The van der Waals surface area contributed by atoms with Crippen molar-refractivity contribution in [3.8, 4) is 0 Å². The van der Waals surface area contributed by atoms with Gasteiger partial charge in [0.2, 0.25) is 0 Å². The summed E-state index contributed by atoms with van der Waals surface area (Å²) in [6.07, 6.45) is 0. The molecule has 0 spiro atoms. The number of hydrogen-bond donors (Lipinski definition) is 1. The van der Waals surface area contributed by atoms with Gasteiger partial charge in [0.15, 0.2) is 0 Å². The van der Waals surface area contributed by atoms with E-state index in [9.17, 15) is 4.79 Å². The van der Waals surface area contributed by atoms with E-state index in [-0.39, 0.29) is 6.15 Å². The average molecular weight is 184 g/mol. The zero-order chi connectivity index (χ0) is 3.58. The fourth-order valence-corrected chi connectivity index (χ4v) is 0. The molecule has 3 heteroatoms. The van der Waals surface area contributed by atoms with Crippen molar-refractivity contribution >= 4 is 26.8 Å². The van der Waals surface area contributed by atoms with E-state index in [1.807, 2.05) is 0 Å². The molecule has 0 aromatic rings. The van der Waals surface area contributed by atoms with E-state index >= 15 is 0 Å². The number of hydrogen-bond acceptors (Lipinski definition) is 2. The molecule has 0 saturated carbocycles. The Morgan fingerprint density at radius 2 is 1.80 bits per heavy atom. The quantitative estimate of drug-likeness (QED) is 0.507. The maximum atomic E-state index is 9.50. The molecule has 0 fully saturated rings. The van der Waals surface area contributed by atoms with Crippen LogP contribution in [-0.4, -0.2) is 26.8 Å². The van der Waals surface area contributed by atoms with Crippen LogP contribution in [0.25, 0.3) is 0 Å². The van der Waals surface area contributed by atoms with Crippen molar-refractivity contribution in [2.45, 2.75) is 6.92 Å². The van der Waals surface area contributed by atoms with Gasteiger partial charge in [0.25, 0.3) is 0 Å². The van der Waals surface area contributed by atoms with Crippen molar-refractivity contribution in [3.05, 3.63) is 0 Å². The predicted molar refractivity (Wildman–Crippen MR) is 24.2 cm³/mol. The molecule has 0 radical (unpaired) electrons. The average Bonchev–Trinajstić information content (AvgIpc) is 0.811. The van der Waals surface area contributed by atoms with E-state index in [1.54, 1.807) is 6.92 Å². The van der Waals surface area contributed by atoms with Crippen molar-refractivity contribution in [3.63, 3.8) is 0 Å². The first-order valence-electron chi connectivity index (χ1n) is 0.993. The van der Waals surface area contributed by atoms with E-state index < -0.39 is 0 Å². The van der Waals surface area contributed by atoms with Gasteiger partial charge < -0.3 is 6.15 Å². The van der Waals surface area contributed by atoms with E-state index in [0.717, 1.165) is 23.0 Å². The van der Waals surface area contributed by atoms with Crippen LogP contribution in [0.15, 0.2) is 0 Å². The second-order valence-corrected chi connectivity index (χ2v) is 2.93. The van der Waals surface area contributed by atoms with Gasteiger partial charge in [0.05, 0.1) is 0 Å². The van der Waals surface area contributed by atoms with Gasteiger partial charge >= 0.3 is 38.5 Å². The third-order valence-electron chi connectivity index (χ3n) is 0. The minimum atomic E-state index is 0. The first-order chi connectivity index (χ1) is 1.73. The molecule has 0 aliphatic carbocycles. The van der Waals surface area contributed by atoms with Crippen LogP contribution in [0.3, 0.4) is 0 Å². The Bertz CT molecular complexity index is 32.6. The van der Waals surface area contributed by atoms with Gasteiger partial charge in [-0.15, -0.1) is 0 Å². The molecule has 0 unspecified atom stereocenters. The molecule has 0 saturated heterocycles. The zero-order valence-electron chi connectivity index (χ0n) is 3.19. The van der Waals surface area contributed by atoms with Crippen LogP contribution in [-0.2, 0) is 4.79 Å². The van der Waals surface area contributed by atoms with Gasteiger partial charge in [-0.1, -0.05) is 0 Å². The molecular weight excluding hydrogens is 176 g/mol. The fraction of sp³-hybridized carbons (Fsp3) is 0.500. The van der Waals surface area contributed by atoms with Crippen molar-refractivity contribution in [1.82, 2.24) is 6.15 Å². The third kappa shape index (κ3) is 133. The number of carbonyl (C=O) groups excluding carboxylic acids is 1. The Labute approximate surface area is 45.0 Å². The first kappa shape index (κ1) is 9.07. The number of rotatable bonds is 0. The van der Waals surface area contributed by atoms with Crippen LogP contribution in [0, 0.1) is 0 Å². The Balaban J connectivity index is 0. The summed E-state index contributed by atoms with van der Waals surface area (Å²) in [6.45, 7) is 1.59. The van der Waals surface area contributed by atoms with Crippen molar-refractivity contribution in [2.24, 2.45) is 0 Å². The number of carbonyl (C=O) groups is 1. The fourth-order valence-electron chi connectivity index (χ4n) is 0. The van der Waals surface area contributed by atoms with E-state index in [4.69, 9.17) is 0 Å². The van der Waals surface area contributed by atoms with E-state index in [1.165, 1.54) is 0 Å². The normalized spacial score (nSPS) is 5.20. The first-order valence-corrected chi connectivity index (χ1v) is 2.64. The summed E-state index contributed by atoms with van der Waals surface area (Å²) in [5, 5.41) is 0. The van der Waals surface area contributed by atoms with Crippen LogP contribution < -0.4 is 6.15 Å². The SMILES string of the molecule is C[C](=O)[SbH2].N. The van der Waals surface area contributed by atoms with Crippen molar-refractivity contribution < 1.29 is 4.79 Å². The Morgan fingerprint density at radius 3 is 1.80 bits per heavy atom. The largest absolute Gasteiger partial charge is 0.344 e. The summed E-state index contributed by atoms with van der Waals surface area (Å²) in [4.78, 5) is 9.50. The zero-order valence-corrected chi connectivity index (χ0v) is 6.49. The van der Waals surface area contributed by atoms with Gasteiger partial charge in [0, 0.05) is 0 Å². The Kier molecular flexibility index (Phi) is 8.07. The molecule has 0 amide bonds. The molecule has 0 atom stereocenters. The summed E-state index contributed by atoms with van der Waals surface area (Å²) in [6, 6.07) is 0. The summed E-state index contributed by atoms with van der Waals surface area (Å²) >= 11 is 0.762. The van der Waals surface area contributed by atoms with Gasteiger partial charge in [-0.3, -0.25) is 0 Å². The molecule has 0 aromatic carbocycles. The summed E-state index contributed by atoms with van der Waals surface area (Å²) in [5.41, 5.74) is 0. The van der Waals surface area contributed by atoms with Crippen LogP contribution in [0.1, 0.15) is 6.92 Å². The van der Waals surface area contributed by atoms with Gasteiger partial charge in [0.1, 0.15) is 0 Å². The molecule has 5 heavy (non-hydrogen) atoms. The smallest absolute Gasteiger partial charge is 0.344 e. The maximum absolute atomic E-state index is 9.50. The summed E-state index contributed by atoms with van der Waals surface area (Å²) in [7, 11) is 0. The summed E-state index contributed by atoms with van der Waals surface area (Å²) in [5.74, 6) is 0. The molecule has 32 valence electrons. The van der Waals surface area contributed by atoms with Crippen LogP contribution >= 0.6 is 0 Å². The van der Waals surface area contributed by atoms with Crippen LogP contribution in [0.4, 0.5) is 0 Å². The molecule has 0 bridgehead atoms. The molecule has 0 aromatic heterocycles. The van der Waals surface area contributed by atoms with Crippen molar-refractivity contribution in [1.29, 1.82) is 0 Å². The minimum Gasteiger partial charge on any atom is -0.344 e.